The maximum absolute atomic E-state index is 9.14. The van der Waals surface area contributed by atoms with Crippen molar-refractivity contribution < 1.29 is 12.6 Å². The summed E-state index contributed by atoms with van der Waals surface area (Å²) in [4.78, 5) is 0. The van der Waals surface area contributed by atoms with Crippen LogP contribution in [-0.4, -0.2) is 9.13 Å². The molecule has 45 heavy (non-hydrogen) atoms. The van der Waals surface area contributed by atoms with Crippen LogP contribution in [0.1, 0.15) is 8.22 Å². The van der Waals surface area contributed by atoms with E-state index in [0.717, 1.165) is 27.8 Å². The standard InChI is InChI=1S/C42H26N2O/c1-5-13-37-31(9-1)32-10-2-6-14-38(32)43(37)29-21-17-27(18-22-29)28-19-23-30(24-20-28)44-39-15-7-3-11-33(39)35-25-26-36-34-12-4-8-16-40(34)45-42(36)41(35)44/h1-26H/i3D,7D,11D,15D,25D,26D. The number of hydrogen-bond acceptors (Lipinski definition) is 1. The molecular weight excluding hydrogens is 548 g/mol. The molecule has 3 heteroatoms. The van der Waals surface area contributed by atoms with E-state index in [9.17, 15) is 0 Å². The maximum Gasteiger partial charge on any atom is 0.160 e. The van der Waals surface area contributed by atoms with Gasteiger partial charge in [0.2, 0.25) is 0 Å². The van der Waals surface area contributed by atoms with Crippen LogP contribution in [0.4, 0.5) is 0 Å². The lowest BCUT2D eigenvalue weighted by Gasteiger charge is -2.11. The zero-order valence-electron chi connectivity index (χ0n) is 29.8. The Morgan fingerprint density at radius 1 is 0.422 bits per heavy atom. The smallest absolute Gasteiger partial charge is 0.160 e. The van der Waals surface area contributed by atoms with Crippen LogP contribution in [0.15, 0.2) is 162 Å². The van der Waals surface area contributed by atoms with Gasteiger partial charge >= 0.3 is 0 Å². The minimum absolute atomic E-state index is 0.0476. The van der Waals surface area contributed by atoms with Gasteiger partial charge < -0.3 is 13.6 Å². The van der Waals surface area contributed by atoms with Crippen molar-refractivity contribution in [2.75, 3.05) is 0 Å². The fraction of sp³-hybridized carbons (Fsp3) is 0. The fourth-order valence-electron chi connectivity index (χ4n) is 6.86. The Morgan fingerprint density at radius 3 is 1.67 bits per heavy atom. The van der Waals surface area contributed by atoms with Gasteiger partial charge in [0.1, 0.15) is 5.58 Å². The van der Waals surface area contributed by atoms with Gasteiger partial charge in [0.15, 0.2) is 5.58 Å². The van der Waals surface area contributed by atoms with Crippen molar-refractivity contribution >= 4 is 65.6 Å². The highest BCUT2D eigenvalue weighted by Gasteiger charge is 2.19. The van der Waals surface area contributed by atoms with Crippen LogP contribution in [0.25, 0.3) is 88.1 Å². The highest BCUT2D eigenvalue weighted by Crippen LogP contribution is 2.40. The summed E-state index contributed by atoms with van der Waals surface area (Å²) in [7, 11) is 0. The average molecular weight is 581 g/mol. The molecule has 0 atom stereocenters. The van der Waals surface area contributed by atoms with E-state index in [4.69, 9.17) is 12.6 Å². The second-order valence-electron chi connectivity index (χ2n) is 11.3. The van der Waals surface area contributed by atoms with E-state index in [1.54, 1.807) is 4.57 Å². The molecule has 0 aliphatic heterocycles. The molecule has 3 heterocycles. The summed E-state index contributed by atoms with van der Waals surface area (Å²) in [6.45, 7) is 0. The minimum atomic E-state index is -0.387. The average Bonchev–Trinajstić information content (AvgIpc) is 3.84. The molecule has 0 aliphatic carbocycles. The number of aromatic nitrogens is 2. The van der Waals surface area contributed by atoms with Gasteiger partial charge in [-0.3, -0.25) is 0 Å². The molecule has 0 amide bonds. The van der Waals surface area contributed by atoms with Gasteiger partial charge in [-0.1, -0.05) is 103 Å². The molecule has 3 aromatic heterocycles. The summed E-state index contributed by atoms with van der Waals surface area (Å²) in [5, 5.41) is 4.05. The zero-order valence-corrected chi connectivity index (χ0v) is 23.8. The Balaban J connectivity index is 1.17. The maximum atomic E-state index is 9.14. The van der Waals surface area contributed by atoms with Gasteiger partial charge in [0, 0.05) is 43.7 Å². The van der Waals surface area contributed by atoms with Gasteiger partial charge in [-0.2, -0.15) is 0 Å². The van der Waals surface area contributed by atoms with Crippen molar-refractivity contribution in [2.45, 2.75) is 0 Å². The number of hydrogen-bond donors (Lipinski definition) is 0. The number of para-hydroxylation sites is 4. The zero-order chi connectivity index (χ0) is 34.7. The number of rotatable bonds is 3. The Kier molecular flexibility index (Phi) is 3.95. The topological polar surface area (TPSA) is 23.0 Å². The summed E-state index contributed by atoms with van der Waals surface area (Å²) in [5.41, 5.74) is 7.58. The molecule has 0 unspecified atom stereocenters. The summed E-state index contributed by atoms with van der Waals surface area (Å²) in [6.07, 6.45) is 0. The van der Waals surface area contributed by atoms with Crippen molar-refractivity contribution in [3.63, 3.8) is 0 Å². The monoisotopic (exact) mass is 580 g/mol. The lowest BCUT2D eigenvalue weighted by molar-refractivity contribution is 0.671. The van der Waals surface area contributed by atoms with Crippen molar-refractivity contribution in [3.8, 4) is 22.5 Å². The molecule has 10 aromatic rings. The molecule has 0 spiro atoms. The predicted octanol–water partition coefficient (Wildman–Crippen LogP) is 11.4. The SMILES string of the molecule is [2H]c1c([2H])c([2H])c2c(c1[2H])c1c([2H])c([2H])c3c4ccccc4oc3c1n2-c1ccc(-c2ccc(-n3c4ccccc4c4ccccc43)cc2)cc1. The van der Waals surface area contributed by atoms with E-state index in [1.807, 2.05) is 48.5 Å². The van der Waals surface area contributed by atoms with Gasteiger partial charge in [-0.15, -0.1) is 0 Å². The molecule has 0 fully saturated rings. The first-order valence-corrected chi connectivity index (χ1v) is 14.9. The highest BCUT2D eigenvalue weighted by atomic mass is 16.3. The first kappa shape index (κ1) is 19.3. The third-order valence-electron chi connectivity index (χ3n) is 8.89. The molecule has 3 nitrogen and oxygen atoms in total. The summed E-state index contributed by atoms with van der Waals surface area (Å²) < 4.78 is 63.4. The first-order valence-electron chi connectivity index (χ1n) is 17.9. The summed E-state index contributed by atoms with van der Waals surface area (Å²) >= 11 is 0. The Labute approximate surface area is 267 Å². The van der Waals surface area contributed by atoms with Gasteiger partial charge in [-0.25, -0.2) is 0 Å². The van der Waals surface area contributed by atoms with E-state index in [1.165, 1.54) is 10.8 Å². The molecular formula is C42H26N2O. The fourth-order valence-corrected chi connectivity index (χ4v) is 6.86. The molecule has 0 saturated carbocycles. The van der Waals surface area contributed by atoms with Crippen molar-refractivity contribution in [3.05, 3.63) is 158 Å². The van der Waals surface area contributed by atoms with E-state index >= 15 is 0 Å². The van der Waals surface area contributed by atoms with E-state index in [2.05, 4.69) is 77.4 Å². The Bertz CT molecular complexity index is 3030. The first-order chi connectivity index (χ1) is 24.8. The predicted molar refractivity (Wildman–Crippen MR) is 188 cm³/mol. The van der Waals surface area contributed by atoms with Crippen LogP contribution < -0.4 is 0 Å². The van der Waals surface area contributed by atoms with Gasteiger partial charge in [0.05, 0.1) is 30.3 Å². The molecule has 0 radical (unpaired) electrons. The van der Waals surface area contributed by atoms with Crippen LogP contribution in [0.3, 0.4) is 0 Å². The van der Waals surface area contributed by atoms with Crippen molar-refractivity contribution in [1.82, 2.24) is 9.13 Å². The normalized spacial score (nSPS) is 13.9. The molecule has 10 rings (SSSR count). The molecule has 0 N–H and O–H groups in total. The van der Waals surface area contributed by atoms with Crippen LogP contribution in [0.2, 0.25) is 0 Å². The van der Waals surface area contributed by atoms with E-state index < -0.39 is 0 Å². The van der Waals surface area contributed by atoms with Crippen molar-refractivity contribution in [1.29, 1.82) is 0 Å². The number of fused-ring (bicyclic) bond motifs is 10. The summed E-state index contributed by atoms with van der Waals surface area (Å²) in [5.74, 6) is 0. The lowest BCUT2D eigenvalue weighted by Crippen LogP contribution is -1.95. The van der Waals surface area contributed by atoms with Crippen LogP contribution in [0.5, 0.6) is 0 Å². The molecule has 7 aromatic carbocycles. The number of nitrogens with zero attached hydrogens (tertiary/aromatic N) is 2. The quantitative estimate of drug-likeness (QED) is 0.204. The largest absolute Gasteiger partial charge is 0.454 e. The van der Waals surface area contributed by atoms with E-state index in [0.29, 0.717) is 33.1 Å². The molecule has 0 saturated heterocycles. The van der Waals surface area contributed by atoms with Gasteiger partial charge in [0.25, 0.3) is 0 Å². The number of benzene rings is 7. The van der Waals surface area contributed by atoms with Crippen molar-refractivity contribution in [2.24, 2.45) is 0 Å². The third-order valence-corrected chi connectivity index (χ3v) is 8.89. The minimum Gasteiger partial charge on any atom is -0.454 e. The highest BCUT2D eigenvalue weighted by molar-refractivity contribution is 6.21. The summed E-state index contributed by atoms with van der Waals surface area (Å²) in [6, 6.07) is 39.1. The van der Waals surface area contributed by atoms with E-state index in [-0.39, 0.29) is 52.5 Å². The number of furan rings is 1. The Hall–Kier alpha value is -6.06. The molecule has 0 bridgehead atoms. The van der Waals surface area contributed by atoms with Crippen LogP contribution >= 0.6 is 0 Å². The van der Waals surface area contributed by atoms with Crippen LogP contribution in [0, 0.1) is 0 Å². The van der Waals surface area contributed by atoms with Crippen LogP contribution in [-0.2, 0) is 0 Å². The Morgan fingerprint density at radius 2 is 0.978 bits per heavy atom. The second-order valence-corrected chi connectivity index (χ2v) is 11.3. The molecule has 210 valence electrons. The second kappa shape index (κ2) is 9.22. The molecule has 0 aliphatic rings. The van der Waals surface area contributed by atoms with Gasteiger partial charge in [-0.05, 0) is 65.7 Å². The lowest BCUT2D eigenvalue weighted by atomic mass is 10.0. The third kappa shape index (κ3) is 3.46.